The largest absolute Gasteiger partial charge is 0.384 e. The van der Waals surface area contributed by atoms with Crippen LogP contribution in [0.15, 0.2) is 6.20 Å². The smallest absolute Gasteiger partial charge is 0.257 e. The minimum Gasteiger partial charge on any atom is -0.384 e. The number of aliphatic hydroxyl groups is 1. The van der Waals surface area contributed by atoms with Crippen LogP contribution in [-0.2, 0) is 11.8 Å². The highest BCUT2D eigenvalue weighted by Crippen LogP contribution is 2.41. The molecule has 6 nitrogen and oxygen atoms in total. The van der Waals surface area contributed by atoms with E-state index in [9.17, 15) is 9.90 Å². The summed E-state index contributed by atoms with van der Waals surface area (Å²) < 4.78 is 6.65. The van der Waals surface area contributed by atoms with Crippen molar-refractivity contribution in [3.8, 4) is 0 Å². The van der Waals surface area contributed by atoms with Crippen LogP contribution in [0.5, 0.6) is 0 Å². The molecule has 1 saturated carbocycles. The van der Waals surface area contributed by atoms with Crippen molar-refractivity contribution < 1.29 is 14.6 Å². The van der Waals surface area contributed by atoms with Gasteiger partial charge in [-0.05, 0) is 12.8 Å². The van der Waals surface area contributed by atoms with Crippen molar-refractivity contribution in [2.45, 2.75) is 24.4 Å². The van der Waals surface area contributed by atoms with E-state index in [1.807, 2.05) is 7.05 Å². The van der Waals surface area contributed by atoms with Crippen LogP contribution in [0, 0.1) is 0 Å². The van der Waals surface area contributed by atoms with Crippen molar-refractivity contribution in [3.05, 3.63) is 17.5 Å². The van der Waals surface area contributed by atoms with Crippen LogP contribution in [0.2, 0.25) is 0 Å². The zero-order valence-electron chi connectivity index (χ0n) is 11.3. The Morgan fingerprint density at radius 3 is 2.84 bits per heavy atom. The molecule has 6 heteroatoms. The maximum absolute atomic E-state index is 12.4. The predicted molar refractivity (Wildman–Crippen MR) is 67.9 cm³/mol. The zero-order chi connectivity index (χ0) is 13.6. The highest BCUT2D eigenvalue weighted by atomic mass is 16.5. The predicted octanol–water partition coefficient (Wildman–Crippen LogP) is 0.131. The van der Waals surface area contributed by atoms with Gasteiger partial charge >= 0.3 is 0 Å². The van der Waals surface area contributed by atoms with Gasteiger partial charge in [0.2, 0.25) is 0 Å². The molecule has 1 N–H and O–H groups in total. The average Bonchev–Trinajstić information content (AvgIpc) is 3.09. The fourth-order valence-electron chi connectivity index (χ4n) is 2.67. The van der Waals surface area contributed by atoms with E-state index < -0.39 is 5.60 Å². The highest BCUT2D eigenvalue weighted by molar-refractivity contribution is 5.96. The van der Waals surface area contributed by atoms with Gasteiger partial charge in [0, 0.05) is 26.3 Å². The fraction of sp³-hybridized carbons (Fsp3) is 0.692. The molecular weight excluding hydrogens is 246 g/mol. The van der Waals surface area contributed by atoms with Gasteiger partial charge in [0.15, 0.2) is 0 Å². The van der Waals surface area contributed by atoms with Crippen LogP contribution in [0.1, 0.15) is 34.8 Å². The summed E-state index contributed by atoms with van der Waals surface area (Å²) in [7, 11) is 3.38. The van der Waals surface area contributed by atoms with Crippen molar-refractivity contribution >= 4 is 5.91 Å². The molecule has 2 heterocycles. The van der Waals surface area contributed by atoms with E-state index in [-0.39, 0.29) is 12.5 Å². The first-order valence-electron chi connectivity index (χ1n) is 6.56. The molecule has 1 aliphatic heterocycles. The first-order chi connectivity index (χ1) is 9.02. The first kappa shape index (κ1) is 12.6. The van der Waals surface area contributed by atoms with E-state index in [0.717, 1.165) is 18.5 Å². The van der Waals surface area contributed by atoms with Gasteiger partial charge in [-0.1, -0.05) is 0 Å². The number of β-amino-alcohol motifs (C(OH)–C–C–N with tert-alkyl or cyclic N) is 1. The van der Waals surface area contributed by atoms with Gasteiger partial charge in [-0.15, -0.1) is 0 Å². The summed E-state index contributed by atoms with van der Waals surface area (Å²) in [5.74, 6) is 0.412. The Labute approximate surface area is 112 Å². The van der Waals surface area contributed by atoms with E-state index in [2.05, 4.69) is 5.10 Å². The van der Waals surface area contributed by atoms with Crippen molar-refractivity contribution in [2.75, 3.05) is 26.8 Å². The summed E-state index contributed by atoms with van der Waals surface area (Å²) in [6.07, 6.45) is 4.01. The van der Waals surface area contributed by atoms with Crippen molar-refractivity contribution in [2.24, 2.45) is 7.05 Å². The molecule has 0 spiro atoms. The van der Waals surface area contributed by atoms with Gasteiger partial charge < -0.3 is 14.7 Å². The van der Waals surface area contributed by atoms with Crippen LogP contribution < -0.4 is 0 Å². The molecule has 1 aromatic heterocycles. The van der Waals surface area contributed by atoms with Crippen molar-refractivity contribution in [1.29, 1.82) is 0 Å². The third kappa shape index (κ3) is 2.26. The lowest BCUT2D eigenvalue weighted by Gasteiger charge is -2.45. The number of aryl methyl sites for hydroxylation is 1. The third-order valence-electron chi connectivity index (χ3n) is 3.72. The maximum atomic E-state index is 12.4. The quantitative estimate of drug-likeness (QED) is 0.840. The second kappa shape index (κ2) is 4.31. The highest BCUT2D eigenvalue weighted by Gasteiger charge is 2.45. The molecular formula is C13H19N3O3. The summed E-state index contributed by atoms with van der Waals surface area (Å²) in [5.41, 5.74) is 0.714. The topological polar surface area (TPSA) is 67.6 Å². The molecule has 1 aromatic rings. The van der Waals surface area contributed by atoms with Crippen molar-refractivity contribution in [1.82, 2.24) is 14.7 Å². The number of ether oxygens (including phenoxy) is 1. The molecule has 104 valence electrons. The number of aromatic nitrogens is 2. The molecule has 1 amide bonds. The Morgan fingerprint density at radius 1 is 1.58 bits per heavy atom. The van der Waals surface area contributed by atoms with Crippen LogP contribution in [0.4, 0.5) is 0 Å². The first-order valence-corrected chi connectivity index (χ1v) is 6.56. The molecule has 0 aromatic carbocycles. The lowest BCUT2D eigenvalue weighted by Crippen LogP contribution is -2.65. The SMILES string of the molecule is COCC1(O)CN(C(=O)c2cn(C)nc2C2CC2)C1. The monoisotopic (exact) mass is 265 g/mol. The summed E-state index contributed by atoms with van der Waals surface area (Å²) in [5, 5.41) is 14.4. The summed E-state index contributed by atoms with van der Waals surface area (Å²) in [6, 6.07) is 0. The molecule has 1 aliphatic carbocycles. The van der Waals surface area contributed by atoms with Gasteiger partial charge in [-0.25, -0.2) is 0 Å². The molecule has 2 fully saturated rings. The van der Waals surface area contributed by atoms with Crippen LogP contribution in [0.3, 0.4) is 0 Å². The molecule has 1 saturated heterocycles. The van der Waals surface area contributed by atoms with Gasteiger partial charge in [0.05, 0.1) is 31.0 Å². The number of rotatable bonds is 4. The Bertz CT molecular complexity index is 501. The number of carbonyl (C=O) groups is 1. The molecule has 19 heavy (non-hydrogen) atoms. The van der Waals surface area contributed by atoms with E-state index >= 15 is 0 Å². The second-order valence-corrected chi connectivity index (χ2v) is 5.69. The Morgan fingerprint density at radius 2 is 2.26 bits per heavy atom. The number of hydrogen-bond acceptors (Lipinski definition) is 4. The number of amides is 1. The minimum absolute atomic E-state index is 0.0317. The minimum atomic E-state index is -0.883. The Kier molecular flexibility index (Phi) is 2.87. The molecule has 3 rings (SSSR count). The van der Waals surface area contributed by atoms with Gasteiger partial charge in [0.25, 0.3) is 5.91 Å². The summed E-state index contributed by atoms with van der Waals surface area (Å²) in [4.78, 5) is 14.1. The van der Waals surface area contributed by atoms with E-state index in [0.29, 0.717) is 24.6 Å². The van der Waals surface area contributed by atoms with Gasteiger partial charge in [0.1, 0.15) is 5.60 Å². The van der Waals surface area contributed by atoms with E-state index in [1.54, 1.807) is 22.9 Å². The van der Waals surface area contributed by atoms with Crippen LogP contribution in [-0.4, -0.2) is 58.1 Å². The van der Waals surface area contributed by atoms with E-state index in [1.165, 1.54) is 0 Å². The molecule has 0 atom stereocenters. The second-order valence-electron chi connectivity index (χ2n) is 5.69. The van der Waals surface area contributed by atoms with Gasteiger partial charge in [-0.3, -0.25) is 9.48 Å². The zero-order valence-corrected chi connectivity index (χ0v) is 11.3. The van der Waals surface area contributed by atoms with Gasteiger partial charge in [-0.2, -0.15) is 5.10 Å². The van der Waals surface area contributed by atoms with Crippen molar-refractivity contribution in [3.63, 3.8) is 0 Å². The maximum Gasteiger partial charge on any atom is 0.257 e. The Balaban J connectivity index is 1.72. The third-order valence-corrected chi connectivity index (χ3v) is 3.72. The Hall–Kier alpha value is -1.40. The summed E-state index contributed by atoms with van der Waals surface area (Å²) >= 11 is 0. The van der Waals surface area contributed by atoms with Crippen LogP contribution >= 0.6 is 0 Å². The normalized spacial score (nSPS) is 21.3. The molecule has 0 radical (unpaired) electrons. The number of likely N-dealkylation sites (tertiary alicyclic amines) is 1. The molecule has 2 aliphatic rings. The lowest BCUT2D eigenvalue weighted by atomic mass is 9.94. The number of hydrogen-bond donors (Lipinski definition) is 1. The van der Waals surface area contributed by atoms with E-state index in [4.69, 9.17) is 4.74 Å². The number of methoxy groups -OCH3 is 1. The standard InChI is InChI=1S/C13H19N3O3/c1-15-5-10(11(14-15)9-3-4-9)12(17)16-6-13(18,7-16)8-19-2/h5,9,18H,3-4,6-8H2,1-2H3. The lowest BCUT2D eigenvalue weighted by molar-refractivity contribution is -0.117. The fourth-order valence-corrected chi connectivity index (χ4v) is 2.67. The number of nitrogens with zero attached hydrogens (tertiary/aromatic N) is 3. The molecule has 0 bridgehead atoms. The average molecular weight is 265 g/mol. The molecule has 0 unspecified atom stereocenters. The van der Waals surface area contributed by atoms with Crippen LogP contribution in [0.25, 0.3) is 0 Å². The number of carbonyl (C=O) groups excluding carboxylic acids is 1. The summed E-state index contributed by atoms with van der Waals surface area (Å²) in [6.45, 7) is 0.927.